The molecule has 2 aliphatic rings. The molecule has 8 atom stereocenters. The van der Waals surface area contributed by atoms with Gasteiger partial charge >= 0.3 is 0 Å². The third kappa shape index (κ3) is 11.0. The number of anilines is 1. The van der Waals surface area contributed by atoms with E-state index in [1.54, 1.807) is 12.0 Å². The summed E-state index contributed by atoms with van der Waals surface area (Å²) in [5.41, 5.74) is 3.84. The number of aliphatic hydroxyl groups excluding tert-OH is 2. The van der Waals surface area contributed by atoms with Crippen LogP contribution in [0.15, 0.2) is 36.4 Å². The molecule has 4 N–H and O–H groups in total. The predicted octanol–water partition coefficient (Wildman–Crippen LogP) is 5.58. The van der Waals surface area contributed by atoms with Crippen LogP contribution in [0.25, 0.3) is 11.1 Å². The minimum absolute atomic E-state index is 0.00180. The number of benzene rings is 2. The van der Waals surface area contributed by atoms with Gasteiger partial charge in [-0.1, -0.05) is 52.8 Å². The molecule has 54 heavy (non-hydrogen) atoms. The lowest BCUT2D eigenvalue weighted by molar-refractivity contribution is -0.182. The van der Waals surface area contributed by atoms with Crippen LogP contribution in [0, 0.1) is 29.6 Å². The smallest absolute Gasteiger partial charge is 0.251 e. The molecule has 1 saturated heterocycles. The van der Waals surface area contributed by atoms with Crippen molar-refractivity contribution in [1.29, 1.82) is 0 Å². The maximum Gasteiger partial charge on any atom is 0.251 e. The van der Waals surface area contributed by atoms with Gasteiger partial charge in [-0.2, -0.15) is 5.06 Å². The number of aliphatic hydroxyl groups is 2. The third-order valence-corrected chi connectivity index (χ3v) is 11.3. The predicted molar refractivity (Wildman–Crippen MR) is 216 cm³/mol. The average molecular weight is 752 g/mol. The Balaban J connectivity index is 1.71. The maximum atomic E-state index is 14.3. The molecule has 2 aromatic rings. The number of hydrogen-bond acceptors (Lipinski definition) is 9. The summed E-state index contributed by atoms with van der Waals surface area (Å²) in [5.74, 6) is 1.48. The van der Waals surface area contributed by atoms with Crippen LogP contribution in [0.5, 0.6) is 5.75 Å². The van der Waals surface area contributed by atoms with Gasteiger partial charge in [0.2, 0.25) is 5.91 Å². The number of rotatable bonds is 17. The Morgan fingerprint density at radius 1 is 1.06 bits per heavy atom. The Hall–Kier alpha value is -3.22. The molecule has 0 unspecified atom stereocenters. The number of nitrogens with one attached hydrogen (secondary N) is 2. The molecule has 11 heteroatoms. The number of hydroxylamine groups is 2. The van der Waals surface area contributed by atoms with E-state index in [1.165, 1.54) is 0 Å². The van der Waals surface area contributed by atoms with Gasteiger partial charge in [0.15, 0.2) is 0 Å². The van der Waals surface area contributed by atoms with Crippen molar-refractivity contribution in [3.05, 3.63) is 47.5 Å². The minimum atomic E-state index is -0.899. The lowest BCUT2D eigenvalue weighted by Gasteiger charge is -2.38. The van der Waals surface area contributed by atoms with Crippen LogP contribution in [0.1, 0.15) is 90.1 Å². The minimum Gasteiger partial charge on any atom is -0.493 e. The highest BCUT2D eigenvalue weighted by Gasteiger charge is 2.50. The topological polar surface area (TPSA) is 127 Å². The average Bonchev–Trinajstić information content (AvgIpc) is 3.47. The first-order valence-corrected chi connectivity index (χ1v) is 20.1. The molecular weight excluding hydrogens is 683 g/mol. The second-order valence-electron chi connectivity index (χ2n) is 17.0. The van der Waals surface area contributed by atoms with Gasteiger partial charge in [0.1, 0.15) is 17.9 Å². The molecule has 1 aliphatic carbocycles. The third-order valence-electron chi connectivity index (χ3n) is 11.3. The fraction of sp³-hybridized carbons (Fsp3) is 0.674. The molecule has 1 saturated carbocycles. The molecule has 0 radical (unpaired) electrons. The molecular formula is C43H69N5O6. The van der Waals surface area contributed by atoms with Crippen LogP contribution < -0.4 is 20.3 Å². The molecule has 11 nitrogen and oxygen atoms in total. The Labute approximate surface area is 324 Å². The summed E-state index contributed by atoms with van der Waals surface area (Å²) in [7, 11) is 7.94. The van der Waals surface area contributed by atoms with Crippen molar-refractivity contribution in [2.24, 2.45) is 29.6 Å². The van der Waals surface area contributed by atoms with E-state index < -0.39 is 24.2 Å². The van der Waals surface area contributed by atoms with Crippen molar-refractivity contribution in [2.75, 3.05) is 52.8 Å². The summed E-state index contributed by atoms with van der Waals surface area (Å²) in [5, 5.41) is 29.6. The summed E-state index contributed by atoms with van der Waals surface area (Å²) in [6.45, 7) is 15.6. The van der Waals surface area contributed by atoms with Gasteiger partial charge in [-0.05, 0) is 101 Å². The first-order chi connectivity index (χ1) is 25.5. The van der Waals surface area contributed by atoms with E-state index in [0.29, 0.717) is 41.6 Å². The highest BCUT2D eigenvalue weighted by Crippen LogP contribution is 2.40. The highest BCUT2D eigenvalue weighted by molar-refractivity contribution is 5.97. The first-order valence-electron chi connectivity index (χ1n) is 20.1. The first kappa shape index (κ1) is 43.5. The van der Waals surface area contributed by atoms with Gasteiger partial charge in [0, 0.05) is 61.0 Å². The summed E-state index contributed by atoms with van der Waals surface area (Å²) < 4.78 is 6.38. The largest absolute Gasteiger partial charge is 0.493 e. The number of hydrogen-bond donors (Lipinski definition) is 4. The van der Waals surface area contributed by atoms with Crippen LogP contribution in [0.4, 0.5) is 5.69 Å². The van der Waals surface area contributed by atoms with Crippen LogP contribution in [0.2, 0.25) is 0 Å². The van der Waals surface area contributed by atoms with Gasteiger partial charge in [-0.15, -0.1) is 0 Å². The number of amides is 2. The number of carbonyl (C=O) groups is 2. The van der Waals surface area contributed by atoms with Gasteiger partial charge in [-0.3, -0.25) is 14.4 Å². The van der Waals surface area contributed by atoms with Crippen molar-refractivity contribution < 1.29 is 29.4 Å². The Morgan fingerprint density at radius 2 is 1.78 bits per heavy atom. The quantitative estimate of drug-likeness (QED) is 0.164. The standard InChI is InChI=1S/C43H69N5O6/c1-12-53-41-31(23-48-40(39(29(7)50)38(25-49)54-48)43(52)45-37-22-30(27(4)5)17-16-28(37)6)14-13-15-36(41)32-19-33(21-35(20-32)47(10)11)42(51)44-34(18-26(2)3)24-46(8)9/h13-15,19-21,26-30,34,37-40,49-50H,12,16-18,22-25H2,1-11H3,(H,44,51)(H,45,52)/t28-,29-,30+,34+,37-,38-,39+,40-/m0/s1. The van der Waals surface area contributed by atoms with Gasteiger partial charge in [-0.25, -0.2) is 0 Å². The molecule has 2 amide bonds. The van der Waals surface area contributed by atoms with E-state index in [4.69, 9.17) is 9.57 Å². The zero-order valence-electron chi connectivity index (χ0n) is 34.8. The molecule has 1 aliphatic heterocycles. The normalized spacial score (nSPS) is 24.5. The van der Waals surface area contributed by atoms with Crippen molar-refractivity contribution in [3.8, 4) is 16.9 Å². The molecule has 302 valence electrons. The zero-order chi connectivity index (χ0) is 39.9. The van der Waals surface area contributed by atoms with Crippen LogP contribution in [0.3, 0.4) is 0 Å². The summed E-state index contributed by atoms with van der Waals surface area (Å²) in [6, 6.07) is 10.9. The SMILES string of the molecule is CCOc1c(CN2O[C@@H](CO)[C@@H]([C@H](C)O)[C@H]2C(=O)N[C@H]2C[C@H](C(C)C)CC[C@@H]2C)cccc1-c1cc(C(=O)N[C@H](CC(C)C)CN(C)C)cc(N(C)C)c1. The number of likely N-dealkylation sites (N-methyl/N-ethyl adjacent to an activating group) is 1. The van der Waals surface area contributed by atoms with Crippen LogP contribution in [-0.2, 0) is 16.2 Å². The lowest BCUT2D eigenvalue weighted by atomic mass is 9.74. The fourth-order valence-corrected chi connectivity index (χ4v) is 8.34. The summed E-state index contributed by atoms with van der Waals surface area (Å²) >= 11 is 0. The molecule has 2 fully saturated rings. The Bertz CT molecular complexity index is 1520. The van der Waals surface area contributed by atoms with E-state index in [1.807, 2.05) is 76.4 Å². The second-order valence-corrected chi connectivity index (χ2v) is 17.0. The van der Waals surface area contributed by atoms with E-state index in [9.17, 15) is 19.8 Å². The van der Waals surface area contributed by atoms with Gasteiger partial charge in [0.05, 0.1) is 25.9 Å². The molecule has 0 bridgehead atoms. The molecule has 0 aromatic heterocycles. The van der Waals surface area contributed by atoms with Gasteiger partial charge in [0.25, 0.3) is 5.91 Å². The Kier molecular flexibility index (Phi) is 15.8. The van der Waals surface area contributed by atoms with E-state index in [-0.39, 0.29) is 37.0 Å². The molecule has 0 spiro atoms. The number of carbonyl (C=O) groups excluding carboxylic acids is 2. The van der Waals surface area contributed by atoms with E-state index >= 15 is 0 Å². The zero-order valence-corrected chi connectivity index (χ0v) is 34.8. The van der Waals surface area contributed by atoms with E-state index in [2.05, 4.69) is 50.2 Å². The molecule has 4 rings (SSSR count). The van der Waals surface area contributed by atoms with Crippen molar-refractivity contribution >= 4 is 17.5 Å². The van der Waals surface area contributed by atoms with Crippen LogP contribution >= 0.6 is 0 Å². The number of ether oxygens (including phenoxy) is 1. The number of nitrogens with zero attached hydrogens (tertiary/aromatic N) is 3. The van der Waals surface area contributed by atoms with Crippen LogP contribution in [-0.4, -0.2) is 110 Å². The maximum absolute atomic E-state index is 14.3. The van der Waals surface area contributed by atoms with Gasteiger partial charge < -0.3 is 35.4 Å². The van der Waals surface area contributed by atoms with Crippen molar-refractivity contribution in [3.63, 3.8) is 0 Å². The van der Waals surface area contributed by atoms with Crippen molar-refractivity contribution in [1.82, 2.24) is 20.6 Å². The van der Waals surface area contributed by atoms with E-state index in [0.717, 1.165) is 54.6 Å². The second kappa shape index (κ2) is 19.6. The summed E-state index contributed by atoms with van der Waals surface area (Å²) in [6.07, 6.45) is 2.33. The lowest BCUT2D eigenvalue weighted by Crippen LogP contribution is -2.53. The Morgan fingerprint density at radius 3 is 2.37 bits per heavy atom. The van der Waals surface area contributed by atoms with Crippen molar-refractivity contribution in [2.45, 2.75) is 111 Å². The number of para-hydroxylation sites is 1. The monoisotopic (exact) mass is 752 g/mol. The fourth-order valence-electron chi connectivity index (χ4n) is 8.34. The molecule has 2 aromatic carbocycles. The highest BCUT2D eigenvalue weighted by atomic mass is 16.7. The summed E-state index contributed by atoms with van der Waals surface area (Å²) in [4.78, 5) is 38.6. The molecule has 1 heterocycles.